The first-order valence-corrected chi connectivity index (χ1v) is 9.66. The van der Waals surface area contributed by atoms with E-state index in [9.17, 15) is 9.59 Å². The Balaban J connectivity index is 1.40. The lowest BCUT2D eigenvalue weighted by molar-refractivity contribution is -0.139. The summed E-state index contributed by atoms with van der Waals surface area (Å²) >= 11 is 0. The third-order valence-corrected chi connectivity index (χ3v) is 5.98. The van der Waals surface area contributed by atoms with Gasteiger partial charge in [0.25, 0.3) is 5.91 Å². The number of carbonyl (C=O) groups excluding carboxylic acids is 2. The molecule has 140 valence electrons. The maximum absolute atomic E-state index is 12.7. The Kier molecular flexibility index (Phi) is 4.92. The van der Waals surface area contributed by atoms with Crippen molar-refractivity contribution in [3.8, 4) is 0 Å². The van der Waals surface area contributed by atoms with Crippen molar-refractivity contribution in [2.24, 2.45) is 5.41 Å². The standard InChI is InChI=1S/C22H25N3O2/c26-20-8-9-22(17-25(20)16-18-5-4-12-23-15-18)10-13-24(14-11-22)21(27)19-6-2-1-3-7-19/h1-7,12,15H,8-11,13-14,16-17H2. The van der Waals surface area contributed by atoms with Crippen LogP contribution in [0, 0.1) is 5.41 Å². The second-order valence-electron chi connectivity index (χ2n) is 7.77. The Hall–Kier alpha value is -2.69. The molecule has 0 saturated carbocycles. The van der Waals surface area contributed by atoms with Gasteiger partial charge in [-0.05, 0) is 48.4 Å². The van der Waals surface area contributed by atoms with Crippen LogP contribution < -0.4 is 0 Å². The molecule has 2 fully saturated rings. The highest BCUT2D eigenvalue weighted by Crippen LogP contribution is 2.40. The summed E-state index contributed by atoms with van der Waals surface area (Å²) in [7, 11) is 0. The number of hydrogen-bond acceptors (Lipinski definition) is 3. The van der Waals surface area contributed by atoms with Gasteiger partial charge in [-0.3, -0.25) is 14.6 Å². The van der Waals surface area contributed by atoms with E-state index in [0.29, 0.717) is 13.0 Å². The van der Waals surface area contributed by atoms with E-state index < -0.39 is 0 Å². The molecular formula is C22H25N3O2. The molecule has 2 aliphatic heterocycles. The van der Waals surface area contributed by atoms with E-state index in [1.165, 1.54) is 0 Å². The van der Waals surface area contributed by atoms with Gasteiger partial charge < -0.3 is 9.80 Å². The molecule has 5 heteroatoms. The number of piperidine rings is 2. The SMILES string of the molecule is O=C1CCC2(CCN(C(=O)c3ccccc3)CC2)CN1Cc1cccnc1. The minimum atomic E-state index is 0.115. The number of rotatable bonds is 3. The number of benzene rings is 1. The first kappa shape index (κ1) is 17.7. The fraction of sp³-hybridized carbons (Fsp3) is 0.409. The van der Waals surface area contributed by atoms with Crippen molar-refractivity contribution in [3.63, 3.8) is 0 Å². The van der Waals surface area contributed by atoms with E-state index in [1.54, 1.807) is 6.20 Å². The largest absolute Gasteiger partial charge is 0.339 e. The minimum Gasteiger partial charge on any atom is -0.339 e. The topological polar surface area (TPSA) is 53.5 Å². The lowest BCUT2D eigenvalue weighted by atomic mass is 9.72. The van der Waals surface area contributed by atoms with Crippen molar-refractivity contribution in [2.75, 3.05) is 19.6 Å². The average molecular weight is 363 g/mol. The number of carbonyl (C=O) groups is 2. The smallest absolute Gasteiger partial charge is 0.253 e. The molecule has 0 atom stereocenters. The Morgan fingerprint density at radius 3 is 2.52 bits per heavy atom. The number of aromatic nitrogens is 1. The third kappa shape index (κ3) is 3.87. The molecule has 0 bridgehead atoms. The fourth-order valence-electron chi connectivity index (χ4n) is 4.31. The number of pyridine rings is 1. The molecule has 1 spiro atoms. The van der Waals surface area contributed by atoms with Crippen LogP contribution in [0.15, 0.2) is 54.9 Å². The Morgan fingerprint density at radius 1 is 1.04 bits per heavy atom. The summed E-state index contributed by atoms with van der Waals surface area (Å²) in [6.45, 7) is 2.94. The van der Waals surface area contributed by atoms with Gasteiger partial charge in [0.15, 0.2) is 0 Å². The van der Waals surface area contributed by atoms with Gasteiger partial charge in [-0.1, -0.05) is 24.3 Å². The lowest BCUT2D eigenvalue weighted by Gasteiger charge is -2.47. The highest BCUT2D eigenvalue weighted by atomic mass is 16.2. The van der Waals surface area contributed by atoms with Crippen molar-refractivity contribution in [1.29, 1.82) is 0 Å². The summed E-state index contributed by atoms with van der Waals surface area (Å²) in [4.78, 5) is 33.2. The highest BCUT2D eigenvalue weighted by molar-refractivity contribution is 5.94. The van der Waals surface area contributed by atoms with Crippen molar-refractivity contribution >= 4 is 11.8 Å². The summed E-state index contributed by atoms with van der Waals surface area (Å²) < 4.78 is 0. The molecular weight excluding hydrogens is 338 g/mol. The molecule has 2 amide bonds. The van der Waals surface area contributed by atoms with Crippen LogP contribution in [0.2, 0.25) is 0 Å². The van der Waals surface area contributed by atoms with Crippen LogP contribution >= 0.6 is 0 Å². The van der Waals surface area contributed by atoms with Gasteiger partial charge in [0.05, 0.1) is 0 Å². The Morgan fingerprint density at radius 2 is 1.81 bits per heavy atom. The van der Waals surface area contributed by atoms with Crippen molar-refractivity contribution < 1.29 is 9.59 Å². The number of likely N-dealkylation sites (tertiary alicyclic amines) is 2. The van der Waals surface area contributed by atoms with E-state index in [-0.39, 0.29) is 17.2 Å². The first-order chi connectivity index (χ1) is 13.2. The normalized spacial score (nSPS) is 19.3. The fourth-order valence-corrected chi connectivity index (χ4v) is 4.31. The predicted octanol–water partition coefficient (Wildman–Crippen LogP) is 3.13. The predicted molar refractivity (Wildman–Crippen MR) is 103 cm³/mol. The molecule has 0 N–H and O–H groups in total. The Labute approximate surface area is 160 Å². The maximum Gasteiger partial charge on any atom is 0.253 e. The molecule has 0 unspecified atom stereocenters. The average Bonchev–Trinajstić information content (AvgIpc) is 2.72. The van der Waals surface area contributed by atoms with Crippen molar-refractivity contribution in [3.05, 3.63) is 66.0 Å². The van der Waals surface area contributed by atoms with E-state index in [4.69, 9.17) is 0 Å². The number of hydrogen-bond donors (Lipinski definition) is 0. The minimum absolute atomic E-state index is 0.115. The lowest BCUT2D eigenvalue weighted by Crippen LogP contribution is -2.52. The molecule has 2 aliphatic rings. The molecule has 0 aliphatic carbocycles. The summed E-state index contributed by atoms with van der Waals surface area (Å²) in [5.74, 6) is 0.344. The monoisotopic (exact) mass is 363 g/mol. The zero-order valence-corrected chi connectivity index (χ0v) is 15.5. The molecule has 2 saturated heterocycles. The van der Waals surface area contributed by atoms with Gasteiger partial charge in [-0.2, -0.15) is 0 Å². The van der Waals surface area contributed by atoms with Crippen LogP contribution in [-0.2, 0) is 11.3 Å². The molecule has 27 heavy (non-hydrogen) atoms. The summed E-state index contributed by atoms with van der Waals surface area (Å²) in [6, 6.07) is 13.4. The van der Waals surface area contributed by atoms with Gasteiger partial charge in [0.1, 0.15) is 0 Å². The van der Waals surface area contributed by atoms with E-state index in [0.717, 1.165) is 50.0 Å². The molecule has 3 heterocycles. The zero-order valence-electron chi connectivity index (χ0n) is 15.5. The molecule has 1 aromatic heterocycles. The van der Waals surface area contributed by atoms with E-state index in [1.807, 2.05) is 58.5 Å². The quantitative estimate of drug-likeness (QED) is 0.842. The third-order valence-electron chi connectivity index (χ3n) is 5.98. The van der Waals surface area contributed by atoms with Crippen LogP contribution in [0.3, 0.4) is 0 Å². The Bertz CT molecular complexity index is 799. The van der Waals surface area contributed by atoms with Crippen LogP contribution in [0.4, 0.5) is 0 Å². The van der Waals surface area contributed by atoms with E-state index in [2.05, 4.69) is 4.98 Å². The van der Waals surface area contributed by atoms with Crippen molar-refractivity contribution in [2.45, 2.75) is 32.2 Å². The van der Waals surface area contributed by atoms with E-state index >= 15 is 0 Å². The molecule has 1 aromatic carbocycles. The van der Waals surface area contributed by atoms with Crippen LogP contribution in [0.5, 0.6) is 0 Å². The van der Waals surface area contributed by atoms with Crippen molar-refractivity contribution in [1.82, 2.24) is 14.8 Å². The molecule has 5 nitrogen and oxygen atoms in total. The second-order valence-corrected chi connectivity index (χ2v) is 7.77. The number of nitrogens with zero attached hydrogens (tertiary/aromatic N) is 3. The molecule has 2 aromatic rings. The second kappa shape index (κ2) is 7.51. The zero-order chi connectivity index (χ0) is 18.7. The van der Waals surface area contributed by atoms with Crippen LogP contribution in [0.1, 0.15) is 41.6 Å². The molecule has 4 rings (SSSR count). The molecule has 0 radical (unpaired) electrons. The number of amides is 2. The highest BCUT2D eigenvalue weighted by Gasteiger charge is 2.41. The van der Waals surface area contributed by atoms with Gasteiger partial charge in [0, 0.05) is 50.6 Å². The first-order valence-electron chi connectivity index (χ1n) is 9.66. The maximum atomic E-state index is 12.7. The van der Waals surface area contributed by atoms with Gasteiger partial charge in [0.2, 0.25) is 5.91 Å². The van der Waals surface area contributed by atoms with Crippen LogP contribution in [0.25, 0.3) is 0 Å². The van der Waals surface area contributed by atoms with Gasteiger partial charge in [-0.15, -0.1) is 0 Å². The summed E-state index contributed by atoms with van der Waals surface area (Å²) in [5.41, 5.74) is 1.97. The van der Waals surface area contributed by atoms with Gasteiger partial charge >= 0.3 is 0 Å². The van der Waals surface area contributed by atoms with Crippen LogP contribution in [-0.4, -0.2) is 46.2 Å². The summed E-state index contributed by atoms with van der Waals surface area (Å²) in [6.07, 6.45) is 7.04. The van der Waals surface area contributed by atoms with Gasteiger partial charge in [-0.25, -0.2) is 0 Å². The summed E-state index contributed by atoms with van der Waals surface area (Å²) in [5, 5.41) is 0.